The largest absolute Gasteiger partial charge is 0.491 e. The van der Waals surface area contributed by atoms with Crippen LogP contribution in [0.5, 0.6) is 5.75 Å². The average molecular weight is 277 g/mol. The van der Waals surface area contributed by atoms with Gasteiger partial charge in [0.2, 0.25) is 0 Å². The minimum absolute atomic E-state index is 0.00115. The zero-order chi connectivity index (χ0) is 15.2. The van der Waals surface area contributed by atoms with E-state index in [2.05, 4.69) is 45.7 Å². The number of nitrogens with one attached hydrogen (secondary N) is 1. The Hall–Kier alpha value is -1.32. The summed E-state index contributed by atoms with van der Waals surface area (Å²) in [7, 11) is 0. The molecule has 2 N–H and O–H groups in total. The summed E-state index contributed by atoms with van der Waals surface area (Å²) < 4.78 is 5.73. The Bertz CT molecular complexity index is 435. The molecule has 0 radical (unpaired) electrons. The third kappa shape index (κ3) is 6.22. The molecule has 3 nitrogen and oxygen atoms in total. The second kappa shape index (κ2) is 7.46. The van der Waals surface area contributed by atoms with E-state index in [4.69, 9.17) is 4.74 Å². The summed E-state index contributed by atoms with van der Waals surface area (Å²) in [6, 6.07) is 6.07. The second-order valence-corrected chi connectivity index (χ2v) is 6.20. The average Bonchev–Trinajstić information content (AvgIpc) is 2.35. The Kier molecular flexibility index (Phi) is 6.24. The van der Waals surface area contributed by atoms with Gasteiger partial charge < -0.3 is 15.2 Å². The summed E-state index contributed by atoms with van der Waals surface area (Å²) in [5.41, 5.74) is 2.30. The molecule has 0 spiro atoms. The van der Waals surface area contributed by atoms with Crippen molar-refractivity contribution in [1.82, 2.24) is 5.32 Å². The van der Waals surface area contributed by atoms with Crippen molar-refractivity contribution < 1.29 is 9.84 Å². The number of hydrogen-bond acceptors (Lipinski definition) is 3. The first kappa shape index (κ1) is 16.7. The molecule has 0 heterocycles. The van der Waals surface area contributed by atoms with Crippen molar-refractivity contribution in [3.05, 3.63) is 42.0 Å². The van der Waals surface area contributed by atoms with Crippen molar-refractivity contribution in [1.29, 1.82) is 0 Å². The number of allylic oxidation sites excluding steroid dienone is 1. The first-order chi connectivity index (χ1) is 9.31. The molecule has 20 heavy (non-hydrogen) atoms. The number of benzene rings is 1. The number of hydrogen-bond donors (Lipinski definition) is 2. The van der Waals surface area contributed by atoms with Crippen LogP contribution in [0.2, 0.25) is 0 Å². The van der Waals surface area contributed by atoms with Gasteiger partial charge in [-0.1, -0.05) is 23.8 Å². The normalized spacial score (nSPS) is 13.1. The molecule has 0 aliphatic heterocycles. The fraction of sp³-hybridized carbons (Fsp3) is 0.529. The predicted molar refractivity (Wildman–Crippen MR) is 84.3 cm³/mol. The minimum atomic E-state index is -0.521. The molecule has 0 saturated heterocycles. The molecule has 0 amide bonds. The second-order valence-electron chi connectivity index (χ2n) is 6.20. The molecule has 0 fully saturated rings. The van der Waals surface area contributed by atoms with Crippen LogP contribution in [-0.2, 0) is 6.42 Å². The molecule has 3 heteroatoms. The van der Waals surface area contributed by atoms with Crippen LogP contribution >= 0.6 is 0 Å². The molecule has 0 saturated carbocycles. The third-order valence-electron chi connectivity index (χ3n) is 2.88. The predicted octanol–water partition coefficient (Wildman–Crippen LogP) is 2.85. The molecule has 112 valence electrons. The molecule has 1 aromatic carbocycles. The quantitative estimate of drug-likeness (QED) is 0.753. The van der Waals surface area contributed by atoms with Crippen LogP contribution in [0.25, 0.3) is 0 Å². The minimum Gasteiger partial charge on any atom is -0.491 e. The number of aliphatic hydroxyl groups excluding tert-OH is 1. The highest BCUT2D eigenvalue weighted by atomic mass is 16.5. The van der Waals surface area contributed by atoms with Crippen molar-refractivity contribution >= 4 is 0 Å². The molecule has 0 aliphatic rings. The van der Waals surface area contributed by atoms with E-state index in [1.54, 1.807) is 0 Å². The Morgan fingerprint density at radius 2 is 2.10 bits per heavy atom. The summed E-state index contributed by atoms with van der Waals surface area (Å²) in [5, 5.41) is 13.2. The van der Waals surface area contributed by atoms with Crippen LogP contribution in [0.15, 0.2) is 30.9 Å². The van der Waals surface area contributed by atoms with Crippen molar-refractivity contribution in [2.45, 2.75) is 45.8 Å². The van der Waals surface area contributed by atoms with E-state index in [0.29, 0.717) is 6.54 Å². The van der Waals surface area contributed by atoms with Crippen LogP contribution in [0, 0.1) is 6.92 Å². The van der Waals surface area contributed by atoms with E-state index in [-0.39, 0.29) is 12.1 Å². The summed E-state index contributed by atoms with van der Waals surface area (Å²) >= 11 is 0. The van der Waals surface area contributed by atoms with Gasteiger partial charge in [-0.2, -0.15) is 0 Å². The standard InChI is InChI=1S/C17H27NO2/c1-6-7-14-10-13(2)8-9-16(14)20-12-15(19)11-18-17(3,4)5/h6,8-10,15,18-19H,1,7,11-12H2,2-5H3. The van der Waals surface area contributed by atoms with Gasteiger partial charge in [0.25, 0.3) is 0 Å². The molecule has 1 atom stereocenters. The third-order valence-corrected chi connectivity index (χ3v) is 2.88. The number of rotatable bonds is 7. The highest BCUT2D eigenvalue weighted by molar-refractivity contribution is 5.38. The number of β-amino-alcohol motifs (C(OH)–C–C–N with tert-alkyl or cyclic N) is 1. The van der Waals surface area contributed by atoms with Gasteiger partial charge >= 0.3 is 0 Å². The zero-order valence-corrected chi connectivity index (χ0v) is 13.1. The van der Waals surface area contributed by atoms with E-state index in [1.165, 1.54) is 5.56 Å². The van der Waals surface area contributed by atoms with Crippen molar-refractivity contribution in [3.8, 4) is 5.75 Å². The van der Waals surface area contributed by atoms with Crippen molar-refractivity contribution in [3.63, 3.8) is 0 Å². The van der Waals surface area contributed by atoms with Crippen molar-refractivity contribution in [2.75, 3.05) is 13.2 Å². The maximum absolute atomic E-state index is 9.94. The lowest BCUT2D eigenvalue weighted by Gasteiger charge is -2.23. The Morgan fingerprint density at radius 3 is 2.70 bits per heavy atom. The monoisotopic (exact) mass is 277 g/mol. The highest BCUT2D eigenvalue weighted by Gasteiger charge is 2.13. The van der Waals surface area contributed by atoms with E-state index < -0.39 is 6.10 Å². The molecule has 1 aromatic rings. The fourth-order valence-corrected chi connectivity index (χ4v) is 1.83. The van der Waals surface area contributed by atoms with Crippen molar-refractivity contribution in [2.24, 2.45) is 0 Å². The van der Waals surface area contributed by atoms with Gasteiger partial charge in [-0.25, -0.2) is 0 Å². The zero-order valence-electron chi connectivity index (χ0n) is 13.1. The van der Waals surface area contributed by atoms with Gasteiger partial charge in [-0.3, -0.25) is 0 Å². The van der Waals surface area contributed by atoms with Crippen LogP contribution in [0.1, 0.15) is 31.9 Å². The topological polar surface area (TPSA) is 41.5 Å². The fourth-order valence-electron chi connectivity index (χ4n) is 1.83. The number of aryl methyl sites for hydroxylation is 1. The SMILES string of the molecule is C=CCc1cc(C)ccc1OCC(O)CNC(C)(C)C. The molecular weight excluding hydrogens is 250 g/mol. The highest BCUT2D eigenvalue weighted by Crippen LogP contribution is 2.21. The Labute approximate surface area is 122 Å². The number of ether oxygens (including phenoxy) is 1. The molecule has 0 aromatic heterocycles. The molecule has 1 rings (SSSR count). The Morgan fingerprint density at radius 1 is 1.40 bits per heavy atom. The molecule has 0 aliphatic carbocycles. The van der Waals surface area contributed by atoms with Gasteiger partial charge in [0.15, 0.2) is 0 Å². The maximum atomic E-state index is 9.94. The van der Waals surface area contributed by atoms with E-state index in [9.17, 15) is 5.11 Å². The number of aliphatic hydroxyl groups is 1. The van der Waals surface area contributed by atoms with Gasteiger partial charge in [-0.05, 0) is 45.7 Å². The van der Waals surface area contributed by atoms with E-state index in [0.717, 1.165) is 17.7 Å². The first-order valence-corrected chi connectivity index (χ1v) is 7.08. The van der Waals surface area contributed by atoms with Gasteiger partial charge in [0.1, 0.15) is 18.5 Å². The van der Waals surface area contributed by atoms with Gasteiger partial charge in [0.05, 0.1) is 0 Å². The summed E-state index contributed by atoms with van der Waals surface area (Å²) in [6.07, 6.45) is 2.11. The van der Waals surface area contributed by atoms with Crippen LogP contribution < -0.4 is 10.1 Å². The smallest absolute Gasteiger partial charge is 0.122 e. The first-order valence-electron chi connectivity index (χ1n) is 7.08. The molecule has 0 bridgehead atoms. The lowest BCUT2D eigenvalue weighted by Crippen LogP contribution is -2.42. The molecule has 1 unspecified atom stereocenters. The lowest BCUT2D eigenvalue weighted by molar-refractivity contribution is 0.0996. The van der Waals surface area contributed by atoms with E-state index >= 15 is 0 Å². The maximum Gasteiger partial charge on any atom is 0.122 e. The van der Waals surface area contributed by atoms with Crippen LogP contribution in [-0.4, -0.2) is 29.9 Å². The summed E-state index contributed by atoms with van der Waals surface area (Å²) in [4.78, 5) is 0. The van der Waals surface area contributed by atoms with E-state index in [1.807, 2.05) is 18.2 Å². The van der Waals surface area contributed by atoms with Gasteiger partial charge in [-0.15, -0.1) is 6.58 Å². The lowest BCUT2D eigenvalue weighted by atomic mass is 10.1. The summed E-state index contributed by atoms with van der Waals surface area (Å²) in [5.74, 6) is 0.824. The summed E-state index contributed by atoms with van der Waals surface area (Å²) in [6.45, 7) is 12.8. The Balaban J connectivity index is 2.54. The van der Waals surface area contributed by atoms with Gasteiger partial charge in [0, 0.05) is 12.1 Å². The molecular formula is C17H27NO2. The van der Waals surface area contributed by atoms with Crippen LogP contribution in [0.4, 0.5) is 0 Å². The van der Waals surface area contributed by atoms with Crippen LogP contribution in [0.3, 0.4) is 0 Å².